The largest absolute Gasteiger partial charge is 0.341 e. The summed E-state index contributed by atoms with van der Waals surface area (Å²) in [6.07, 6.45) is 3.47. The summed E-state index contributed by atoms with van der Waals surface area (Å²) in [5.74, 6) is 0.138. The van der Waals surface area contributed by atoms with Crippen LogP contribution in [-0.2, 0) is 0 Å². The molecule has 0 aliphatic carbocycles. The monoisotopic (exact) mass is 299 g/mol. The van der Waals surface area contributed by atoms with Gasteiger partial charge in [0, 0.05) is 18.5 Å². The van der Waals surface area contributed by atoms with Crippen LogP contribution in [0.1, 0.15) is 19.3 Å². The Kier molecular flexibility index (Phi) is 3.46. The highest BCUT2D eigenvalue weighted by molar-refractivity contribution is 6.38. The molecule has 2 aromatic rings. The Bertz CT molecular complexity index is 627. The molecule has 1 aromatic carbocycles. The number of nitrogens with zero attached hydrogens (tertiary/aromatic N) is 3. The number of benzene rings is 1. The minimum Gasteiger partial charge on any atom is -0.341 e. The zero-order valence-corrected chi connectivity index (χ0v) is 11.7. The molecule has 0 radical (unpaired) electrons. The van der Waals surface area contributed by atoms with Gasteiger partial charge in [0.1, 0.15) is 11.0 Å². The predicted octanol–water partition coefficient (Wildman–Crippen LogP) is 4.07. The molecule has 1 fully saturated rings. The smallest absolute Gasteiger partial charge is 0.227 e. The first-order valence-corrected chi connectivity index (χ1v) is 6.98. The highest BCUT2D eigenvalue weighted by Crippen LogP contribution is 2.30. The summed E-state index contributed by atoms with van der Waals surface area (Å²) in [6, 6.07) is 2.55. The maximum absolute atomic E-state index is 13.3. The van der Waals surface area contributed by atoms with Crippen molar-refractivity contribution in [3.63, 3.8) is 0 Å². The minimum atomic E-state index is -0.436. The van der Waals surface area contributed by atoms with Crippen LogP contribution in [0.3, 0.4) is 0 Å². The van der Waals surface area contributed by atoms with Crippen LogP contribution in [0.25, 0.3) is 10.9 Å². The van der Waals surface area contributed by atoms with E-state index in [1.54, 1.807) is 0 Å². The average molecular weight is 300 g/mol. The molecule has 0 atom stereocenters. The Balaban J connectivity index is 2.13. The van der Waals surface area contributed by atoms with E-state index >= 15 is 0 Å². The molecule has 1 aliphatic heterocycles. The van der Waals surface area contributed by atoms with Crippen molar-refractivity contribution >= 4 is 40.1 Å². The first-order valence-electron chi connectivity index (χ1n) is 6.22. The fourth-order valence-corrected chi connectivity index (χ4v) is 2.81. The summed E-state index contributed by atoms with van der Waals surface area (Å²) in [5.41, 5.74) is 0.503. The van der Waals surface area contributed by atoms with Gasteiger partial charge in [0.2, 0.25) is 5.95 Å². The van der Waals surface area contributed by atoms with Crippen LogP contribution in [0.15, 0.2) is 12.1 Å². The topological polar surface area (TPSA) is 29.0 Å². The second kappa shape index (κ2) is 5.10. The van der Waals surface area contributed by atoms with E-state index in [2.05, 4.69) is 14.9 Å². The second-order valence-electron chi connectivity index (χ2n) is 4.65. The first kappa shape index (κ1) is 12.9. The van der Waals surface area contributed by atoms with Crippen molar-refractivity contribution in [3.05, 3.63) is 28.1 Å². The normalized spacial score (nSPS) is 16.1. The molecule has 19 heavy (non-hydrogen) atoms. The van der Waals surface area contributed by atoms with Gasteiger partial charge in [0.15, 0.2) is 0 Å². The van der Waals surface area contributed by atoms with E-state index in [4.69, 9.17) is 23.2 Å². The quantitative estimate of drug-likeness (QED) is 0.743. The minimum absolute atomic E-state index is 0.243. The lowest BCUT2D eigenvalue weighted by atomic mass is 10.1. The van der Waals surface area contributed by atoms with Crippen molar-refractivity contribution in [2.75, 3.05) is 18.0 Å². The van der Waals surface area contributed by atoms with Crippen molar-refractivity contribution in [2.24, 2.45) is 0 Å². The van der Waals surface area contributed by atoms with Gasteiger partial charge < -0.3 is 4.90 Å². The number of aromatic nitrogens is 2. The van der Waals surface area contributed by atoms with E-state index in [0.717, 1.165) is 25.9 Å². The van der Waals surface area contributed by atoms with E-state index in [0.29, 0.717) is 16.9 Å². The number of halogens is 3. The number of piperidine rings is 1. The summed E-state index contributed by atoms with van der Waals surface area (Å²) in [5, 5.41) is 0.956. The van der Waals surface area contributed by atoms with E-state index in [1.807, 2.05) is 0 Å². The fraction of sp³-hybridized carbons (Fsp3) is 0.385. The van der Waals surface area contributed by atoms with Gasteiger partial charge in [-0.15, -0.1) is 0 Å². The molecule has 0 spiro atoms. The van der Waals surface area contributed by atoms with Crippen LogP contribution in [0.2, 0.25) is 10.2 Å². The third kappa shape index (κ3) is 2.47. The molecule has 1 saturated heterocycles. The van der Waals surface area contributed by atoms with Crippen LogP contribution >= 0.6 is 23.2 Å². The Hall–Kier alpha value is -1.13. The van der Waals surface area contributed by atoms with Gasteiger partial charge in [-0.1, -0.05) is 23.2 Å². The molecular formula is C13H12Cl2FN3. The number of anilines is 1. The third-order valence-electron chi connectivity index (χ3n) is 3.30. The maximum atomic E-state index is 13.3. The van der Waals surface area contributed by atoms with Gasteiger partial charge in [-0.05, 0) is 31.4 Å². The van der Waals surface area contributed by atoms with Crippen molar-refractivity contribution in [1.82, 2.24) is 9.97 Å². The van der Waals surface area contributed by atoms with Crippen molar-refractivity contribution in [1.29, 1.82) is 0 Å². The van der Waals surface area contributed by atoms with Gasteiger partial charge in [-0.25, -0.2) is 14.4 Å². The van der Waals surface area contributed by atoms with Gasteiger partial charge in [-0.2, -0.15) is 0 Å². The fourth-order valence-electron chi connectivity index (χ4n) is 2.35. The molecule has 0 saturated carbocycles. The lowest BCUT2D eigenvalue weighted by Crippen LogP contribution is -2.31. The number of hydrogen-bond donors (Lipinski definition) is 0. The van der Waals surface area contributed by atoms with E-state index in [9.17, 15) is 4.39 Å². The van der Waals surface area contributed by atoms with Crippen LogP contribution in [-0.4, -0.2) is 23.1 Å². The first-order chi connectivity index (χ1) is 9.15. The lowest BCUT2D eigenvalue weighted by molar-refractivity contribution is 0.569. The Morgan fingerprint density at radius 1 is 1.05 bits per heavy atom. The summed E-state index contributed by atoms with van der Waals surface area (Å²) >= 11 is 12.2. The molecule has 6 heteroatoms. The average Bonchev–Trinajstić information content (AvgIpc) is 2.41. The van der Waals surface area contributed by atoms with E-state index in [-0.39, 0.29) is 10.2 Å². The zero-order chi connectivity index (χ0) is 13.4. The Labute approximate surface area is 120 Å². The number of hydrogen-bond acceptors (Lipinski definition) is 3. The second-order valence-corrected chi connectivity index (χ2v) is 5.41. The van der Waals surface area contributed by atoms with Gasteiger partial charge in [-0.3, -0.25) is 0 Å². The van der Waals surface area contributed by atoms with Gasteiger partial charge in [0.25, 0.3) is 0 Å². The standard InChI is InChI=1S/C13H12Cl2FN3/c14-10-7-8(16)6-9-11(10)17-13(18-12(9)15)19-4-2-1-3-5-19/h6-7H,1-5H2. The van der Waals surface area contributed by atoms with Crippen LogP contribution in [0.5, 0.6) is 0 Å². The Morgan fingerprint density at radius 3 is 2.53 bits per heavy atom. The third-order valence-corrected chi connectivity index (χ3v) is 3.88. The highest BCUT2D eigenvalue weighted by atomic mass is 35.5. The molecule has 3 nitrogen and oxygen atoms in total. The van der Waals surface area contributed by atoms with Crippen LogP contribution in [0, 0.1) is 5.82 Å². The molecular weight excluding hydrogens is 288 g/mol. The highest BCUT2D eigenvalue weighted by Gasteiger charge is 2.17. The Morgan fingerprint density at radius 2 is 1.79 bits per heavy atom. The molecule has 1 aromatic heterocycles. The molecule has 0 unspecified atom stereocenters. The van der Waals surface area contributed by atoms with Gasteiger partial charge in [0.05, 0.1) is 10.5 Å². The SMILES string of the molecule is Fc1cc(Cl)c2nc(N3CCCCC3)nc(Cl)c2c1. The lowest BCUT2D eigenvalue weighted by Gasteiger charge is -2.26. The van der Waals surface area contributed by atoms with Crippen molar-refractivity contribution < 1.29 is 4.39 Å². The molecule has 0 bridgehead atoms. The summed E-state index contributed by atoms with van der Waals surface area (Å²) in [7, 11) is 0. The van der Waals surface area contributed by atoms with Crippen molar-refractivity contribution in [3.8, 4) is 0 Å². The molecule has 3 rings (SSSR count). The summed E-state index contributed by atoms with van der Waals surface area (Å²) in [4.78, 5) is 10.8. The summed E-state index contributed by atoms with van der Waals surface area (Å²) in [6.45, 7) is 1.83. The van der Waals surface area contributed by atoms with Crippen molar-refractivity contribution in [2.45, 2.75) is 19.3 Å². The number of fused-ring (bicyclic) bond motifs is 1. The molecule has 2 heterocycles. The molecule has 1 aliphatic rings. The zero-order valence-electron chi connectivity index (χ0n) is 10.2. The van der Waals surface area contributed by atoms with Crippen LogP contribution in [0.4, 0.5) is 10.3 Å². The van der Waals surface area contributed by atoms with Crippen LogP contribution < -0.4 is 4.90 Å². The van der Waals surface area contributed by atoms with E-state index < -0.39 is 5.82 Å². The molecule has 0 N–H and O–H groups in total. The molecule has 0 amide bonds. The summed E-state index contributed by atoms with van der Waals surface area (Å²) < 4.78 is 13.3. The maximum Gasteiger partial charge on any atom is 0.227 e. The van der Waals surface area contributed by atoms with Gasteiger partial charge >= 0.3 is 0 Å². The predicted molar refractivity (Wildman–Crippen MR) is 75.6 cm³/mol. The van der Waals surface area contributed by atoms with E-state index in [1.165, 1.54) is 18.6 Å². The number of rotatable bonds is 1. The molecule has 100 valence electrons.